The number of nitrogen functional groups attached to an aromatic ring is 1. The normalized spacial score (nSPS) is 36.5. The van der Waals surface area contributed by atoms with Gasteiger partial charge in [0.15, 0.2) is 11.4 Å². The quantitative estimate of drug-likeness (QED) is 0.293. The number of hydrogen-bond acceptors (Lipinski definition) is 9. The largest absolute Gasteiger partial charge is 0.480 e. The lowest BCUT2D eigenvalue weighted by Crippen LogP contribution is -2.46. The van der Waals surface area contributed by atoms with Gasteiger partial charge in [-0.25, -0.2) is 19.2 Å². The molecule has 0 radical (unpaired) electrons. The number of nitrogens with zero attached hydrogens (tertiary/aromatic N) is 3. The van der Waals surface area contributed by atoms with E-state index in [9.17, 15) is 24.5 Å². The van der Waals surface area contributed by atoms with Crippen molar-refractivity contribution >= 4 is 25.1 Å². The van der Waals surface area contributed by atoms with E-state index in [1.54, 1.807) is 12.1 Å². The molecule has 1 aliphatic heterocycles. The standard InChI is InChI=1S/C15H20N5O8P/c1-6(12(21)22)19-29(25,26)28-10-9-15(10,24)13(23)14(2,27-9)8-4-3-7-11(16)17-5-18-20(7)8/h3-6,9-10,13,23-24H,1-2H3,(H,21,22)(H2,16,17,18)(H2,19,25,26)/t6?,9-,10?,13+,14+,15+/m1/s1. The van der Waals surface area contributed by atoms with E-state index in [1.165, 1.54) is 17.8 Å². The van der Waals surface area contributed by atoms with Crippen LogP contribution in [0.15, 0.2) is 18.5 Å². The highest BCUT2D eigenvalue weighted by Crippen LogP contribution is 2.62. The molecule has 14 heteroatoms. The number of carboxylic acid groups (broad SMARTS) is 1. The third kappa shape index (κ3) is 2.86. The first kappa shape index (κ1) is 20.2. The molecule has 1 saturated carbocycles. The van der Waals surface area contributed by atoms with Gasteiger partial charge in [-0.15, -0.1) is 0 Å². The zero-order chi connectivity index (χ0) is 21.4. The molecule has 1 aliphatic carbocycles. The molecule has 0 bridgehead atoms. The van der Waals surface area contributed by atoms with Crippen molar-refractivity contribution in [2.45, 2.75) is 49.4 Å². The lowest BCUT2D eigenvalue weighted by atomic mass is 9.91. The number of anilines is 1. The molecule has 0 amide bonds. The summed E-state index contributed by atoms with van der Waals surface area (Å²) in [6.07, 6.45) is -2.76. The number of aliphatic hydroxyl groups is 2. The van der Waals surface area contributed by atoms with Gasteiger partial charge in [-0.1, -0.05) is 0 Å². The molecule has 7 N–H and O–H groups in total. The van der Waals surface area contributed by atoms with E-state index >= 15 is 0 Å². The first-order valence-electron chi connectivity index (χ1n) is 8.60. The average Bonchev–Trinajstić information content (AvgIpc) is 2.96. The number of nitrogens with two attached hydrogens (primary N) is 1. The molecule has 0 aromatic carbocycles. The maximum atomic E-state index is 12.1. The van der Waals surface area contributed by atoms with E-state index in [0.29, 0.717) is 11.2 Å². The number of aliphatic hydroxyl groups excluding tert-OH is 1. The summed E-state index contributed by atoms with van der Waals surface area (Å²) in [5.74, 6) is -1.14. The number of nitrogens with one attached hydrogen (secondary N) is 1. The van der Waals surface area contributed by atoms with Crippen LogP contribution >= 0.6 is 7.75 Å². The van der Waals surface area contributed by atoms with Crippen LogP contribution in [0.4, 0.5) is 5.82 Å². The number of hydrogen-bond donors (Lipinski definition) is 6. The van der Waals surface area contributed by atoms with Crippen LogP contribution in [0.25, 0.3) is 5.52 Å². The number of fused-ring (bicyclic) bond motifs is 2. The smallest absolute Gasteiger partial charge is 0.404 e. The zero-order valence-electron chi connectivity index (χ0n) is 15.3. The van der Waals surface area contributed by atoms with Crippen molar-refractivity contribution in [2.24, 2.45) is 0 Å². The maximum Gasteiger partial charge on any atom is 0.404 e. The van der Waals surface area contributed by atoms with Gasteiger partial charge in [0.1, 0.15) is 41.8 Å². The number of carbonyl (C=O) groups is 1. The van der Waals surface area contributed by atoms with Crippen molar-refractivity contribution < 1.29 is 38.8 Å². The van der Waals surface area contributed by atoms with Crippen molar-refractivity contribution in [3.63, 3.8) is 0 Å². The molecule has 158 valence electrons. The minimum absolute atomic E-state index is 0.215. The van der Waals surface area contributed by atoms with E-state index in [1.807, 2.05) is 5.09 Å². The first-order valence-corrected chi connectivity index (χ1v) is 10.2. The van der Waals surface area contributed by atoms with Crippen LogP contribution < -0.4 is 10.8 Å². The monoisotopic (exact) mass is 429 g/mol. The van der Waals surface area contributed by atoms with E-state index in [-0.39, 0.29) is 5.82 Å². The van der Waals surface area contributed by atoms with Gasteiger partial charge in [-0.05, 0) is 26.0 Å². The van der Waals surface area contributed by atoms with Crippen LogP contribution in [0.1, 0.15) is 19.5 Å². The summed E-state index contributed by atoms with van der Waals surface area (Å²) in [6, 6.07) is 1.88. The zero-order valence-corrected chi connectivity index (χ0v) is 16.2. The number of ether oxygens (including phenoxy) is 1. The topological polar surface area (TPSA) is 202 Å². The van der Waals surface area contributed by atoms with E-state index < -0.39 is 49.3 Å². The summed E-state index contributed by atoms with van der Waals surface area (Å²) >= 11 is 0. The van der Waals surface area contributed by atoms with E-state index in [0.717, 1.165) is 6.92 Å². The lowest BCUT2D eigenvalue weighted by Gasteiger charge is -2.32. The van der Waals surface area contributed by atoms with Gasteiger partial charge >= 0.3 is 13.7 Å². The van der Waals surface area contributed by atoms with Gasteiger partial charge in [0, 0.05) is 0 Å². The van der Waals surface area contributed by atoms with Crippen LogP contribution in [-0.2, 0) is 24.2 Å². The molecule has 2 aromatic rings. The molecule has 29 heavy (non-hydrogen) atoms. The molecule has 0 spiro atoms. The van der Waals surface area contributed by atoms with Crippen molar-refractivity contribution in [1.82, 2.24) is 19.7 Å². The molecule has 7 atom stereocenters. The SMILES string of the molecule is CC(NP(=O)(O)OC1[C@H]2O[C@@](C)(c3ccc4c(N)ncnn34)[C@H](O)[C@@]12O)C(=O)O. The highest BCUT2D eigenvalue weighted by molar-refractivity contribution is 7.50. The van der Waals surface area contributed by atoms with Crippen molar-refractivity contribution in [1.29, 1.82) is 0 Å². The van der Waals surface area contributed by atoms with Gasteiger partial charge in [0.05, 0.1) is 5.69 Å². The number of aromatic nitrogens is 3. The molecule has 13 nitrogen and oxygen atoms in total. The molecule has 2 fully saturated rings. The van der Waals surface area contributed by atoms with Crippen LogP contribution in [0.3, 0.4) is 0 Å². The Morgan fingerprint density at radius 3 is 2.79 bits per heavy atom. The Morgan fingerprint density at radius 1 is 1.52 bits per heavy atom. The highest BCUT2D eigenvalue weighted by atomic mass is 31.2. The van der Waals surface area contributed by atoms with Crippen LogP contribution in [0.5, 0.6) is 0 Å². The minimum atomic E-state index is -4.59. The average molecular weight is 429 g/mol. The summed E-state index contributed by atoms with van der Waals surface area (Å²) in [6.45, 7) is 2.69. The van der Waals surface area contributed by atoms with Crippen molar-refractivity contribution in [3.8, 4) is 0 Å². The summed E-state index contributed by atoms with van der Waals surface area (Å²) in [5, 5.41) is 36.5. The number of rotatable bonds is 6. The highest BCUT2D eigenvalue weighted by Gasteiger charge is 2.82. The number of carboxylic acids is 1. The van der Waals surface area contributed by atoms with Crippen LogP contribution in [-0.4, -0.2) is 70.7 Å². The molecule has 3 heterocycles. The third-order valence-electron chi connectivity index (χ3n) is 5.38. The second-order valence-electron chi connectivity index (χ2n) is 7.33. The first-order chi connectivity index (χ1) is 13.4. The Hall–Kier alpha value is -2.12. The van der Waals surface area contributed by atoms with Crippen LogP contribution in [0.2, 0.25) is 0 Å². The minimum Gasteiger partial charge on any atom is -0.480 e. The predicted molar refractivity (Wildman–Crippen MR) is 95.5 cm³/mol. The van der Waals surface area contributed by atoms with E-state index in [2.05, 4.69) is 10.1 Å². The molecule has 4 rings (SSSR count). The summed E-state index contributed by atoms with van der Waals surface area (Å²) < 4.78 is 24.4. The molecule has 3 unspecified atom stereocenters. The molecular weight excluding hydrogens is 409 g/mol. The van der Waals surface area contributed by atoms with Crippen molar-refractivity contribution in [3.05, 3.63) is 24.2 Å². The van der Waals surface area contributed by atoms with Gasteiger partial charge in [0.25, 0.3) is 0 Å². The van der Waals surface area contributed by atoms with Crippen LogP contribution in [0, 0.1) is 0 Å². The van der Waals surface area contributed by atoms with Gasteiger partial charge in [-0.2, -0.15) is 5.10 Å². The second-order valence-corrected chi connectivity index (χ2v) is 8.84. The summed E-state index contributed by atoms with van der Waals surface area (Å²) in [4.78, 5) is 24.6. The Kier molecular flexibility index (Phi) is 4.30. The van der Waals surface area contributed by atoms with Gasteiger partial charge in [0.2, 0.25) is 0 Å². The fraction of sp³-hybridized carbons (Fsp3) is 0.533. The molecular formula is C15H20N5O8P. The fourth-order valence-electron chi connectivity index (χ4n) is 3.72. The Balaban J connectivity index is 1.56. The summed E-state index contributed by atoms with van der Waals surface area (Å²) in [7, 11) is -4.59. The summed E-state index contributed by atoms with van der Waals surface area (Å²) in [5.41, 5.74) is 3.28. The fourth-order valence-corrected chi connectivity index (χ4v) is 4.97. The third-order valence-corrected chi connectivity index (χ3v) is 6.61. The Labute approximate surface area is 163 Å². The second kappa shape index (κ2) is 6.19. The molecule has 2 aliphatic rings. The van der Waals surface area contributed by atoms with Gasteiger partial charge < -0.3 is 30.7 Å². The van der Waals surface area contributed by atoms with E-state index in [4.69, 9.17) is 20.1 Å². The predicted octanol–water partition coefficient (Wildman–Crippen LogP) is -1.42. The maximum absolute atomic E-state index is 12.1. The Morgan fingerprint density at radius 2 is 2.21 bits per heavy atom. The van der Waals surface area contributed by atoms with Crippen molar-refractivity contribution in [2.75, 3.05) is 5.73 Å². The molecule has 2 aromatic heterocycles. The molecule has 1 saturated heterocycles. The lowest BCUT2D eigenvalue weighted by molar-refractivity contribution is -0.138. The Bertz CT molecular complexity index is 1050. The number of aliphatic carboxylic acids is 1. The van der Waals surface area contributed by atoms with Gasteiger partial charge in [-0.3, -0.25) is 9.32 Å².